The fourth-order valence-electron chi connectivity index (χ4n) is 1.74. The lowest BCUT2D eigenvalue weighted by Crippen LogP contribution is -1.71. The molecule has 0 atom stereocenters. The van der Waals surface area contributed by atoms with Crippen LogP contribution in [-0.4, -0.2) is 0 Å². The van der Waals surface area contributed by atoms with Crippen LogP contribution in [0.3, 0.4) is 0 Å². The van der Waals surface area contributed by atoms with Crippen molar-refractivity contribution in [1.82, 2.24) is 0 Å². The molecule has 15 heavy (non-hydrogen) atoms. The zero-order valence-corrected chi connectivity index (χ0v) is 11.9. The lowest BCUT2D eigenvalue weighted by atomic mass is 10.2. The SMILES string of the molecule is Ic1ccc2oc3c(I)cccc3c2c1. The molecule has 3 rings (SSSR count). The van der Waals surface area contributed by atoms with Crippen molar-refractivity contribution in [3.8, 4) is 0 Å². The molecule has 1 nitrogen and oxygen atoms in total. The maximum absolute atomic E-state index is 5.83. The first-order valence-electron chi connectivity index (χ1n) is 4.52. The summed E-state index contributed by atoms with van der Waals surface area (Å²) in [5.74, 6) is 0. The van der Waals surface area contributed by atoms with Crippen LogP contribution in [0.15, 0.2) is 40.8 Å². The molecule has 3 aromatic rings. The van der Waals surface area contributed by atoms with E-state index < -0.39 is 0 Å². The molecular formula is C12H6I2O. The van der Waals surface area contributed by atoms with Crippen molar-refractivity contribution < 1.29 is 4.42 Å². The fourth-order valence-corrected chi connectivity index (χ4v) is 2.84. The molecule has 0 radical (unpaired) electrons. The Morgan fingerprint density at radius 2 is 1.80 bits per heavy atom. The lowest BCUT2D eigenvalue weighted by Gasteiger charge is -1.91. The molecular weight excluding hydrogens is 414 g/mol. The molecule has 0 aliphatic rings. The molecule has 3 heteroatoms. The number of rotatable bonds is 0. The molecule has 0 saturated heterocycles. The molecule has 0 amide bonds. The van der Waals surface area contributed by atoms with E-state index in [4.69, 9.17) is 4.42 Å². The lowest BCUT2D eigenvalue weighted by molar-refractivity contribution is 0.666. The summed E-state index contributed by atoms with van der Waals surface area (Å²) in [5.41, 5.74) is 1.96. The Morgan fingerprint density at radius 1 is 0.933 bits per heavy atom. The number of halogens is 2. The highest BCUT2D eigenvalue weighted by molar-refractivity contribution is 14.1. The van der Waals surface area contributed by atoms with Gasteiger partial charge in [-0.1, -0.05) is 12.1 Å². The quantitative estimate of drug-likeness (QED) is 0.477. The van der Waals surface area contributed by atoms with Gasteiger partial charge in [0.05, 0.1) is 3.57 Å². The summed E-state index contributed by atoms with van der Waals surface area (Å²) in [5, 5.41) is 2.41. The van der Waals surface area contributed by atoms with E-state index >= 15 is 0 Å². The van der Waals surface area contributed by atoms with E-state index in [0.717, 1.165) is 14.7 Å². The molecule has 74 valence electrons. The van der Waals surface area contributed by atoms with Crippen LogP contribution in [-0.2, 0) is 0 Å². The molecule has 1 heterocycles. The van der Waals surface area contributed by atoms with Crippen LogP contribution in [0.25, 0.3) is 21.9 Å². The number of hydrogen-bond acceptors (Lipinski definition) is 1. The largest absolute Gasteiger partial charge is 0.455 e. The minimum absolute atomic E-state index is 0.967. The van der Waals surface area contributed by atoms with Crippen molar-refractivity contribution in [3.05, 3.63) is 43.5 Å². The minimum atomic E-state index is 0.967. The normalized spacial score (nSPS) is 11.3. The number of para-hydroxylation sites is 1. The Morgan fingerprint density at radius 3 is 2.67 bits per heavy atom. The standard InChI is InChI=1S/C12H6I2O/c13-7-4-5-11-9(6-7)8-2-1-3-10(14)12(8)15-11/h1-6H. The van der Waals surface area contributed by atoms with Crippen molar-refractivity contribution in [2.24, 2.45) is 0 Å². The Bertz CT molecular complexity index is 655. The van der Waals surface area contributed by atoms with E-state index in [1.807, 2.05) is 6.07 Å². The van der Waals surface area contributed by atoms with Crippen molar-refractivity contribution in [3.63, 3.8) is 0 Å². The maximum Gasteiger partial charge on any atom is 0.148 e. The van der Waals surface area contributed by atoms with Crippen LogP contribution in [0.4, 0.5) is 0 Å². The number of fused-ring (bicyclic) bond motifs is 3. The molecule has 1 aromatic heterocycles. The van der Waals surface area contributed by atoms with Crippen LogP contribution < -0.4 is 0 Å². The van der Waals surface area contributed by atoms with Gasteiger partial charge in [-0.2, -0.15) is 0 Å². The molecule has 0 aliphatic heterocycles. The summed E-state index contributed by atoms with van der Waals surface area (Å²) in [6.45, 7) is 0. The smallest absolute Gasteiger partial charge is 0.148 e. The number of hydrogen-bond donors (Lipinski definition) is 0. The van der Waals surface area contributed by atoms with Crippen LogP contribution in [0.5, 0.6) is 0 Å². The maximum atomic E-state index is 5.83. The minimum Gasteiger partial charge on any atom is -0.455 e. The third kappa shape index (κ3) is 1.56. The Hall–Kier alpha value is -0.300. The highest BCUT2D eigenvalue weighted by Crippen LogP contribution is 2.32. The second kappa shape index (κ2) is 3.62. The van der Waals surface area contributed by atoms with Gasteiger partial charge in [-0.05, 0) is 69.4 Å². The van der Waals surface area contributed by atoms with Crippen molar-refractivity contribution >= 4 is 67.1 Å². The summed E-state index contributed by atoms with van der Waals surface area (Å²) in [7, 11) is 0. The molecule has 0 spiro atoms. The topological polar surface area (TPSA) is 13.1 Å². The van der Waals surface area contributed by atoms with E-state index in [1.54, 1.807) is 0 Å². The first-order chi connectivity index (χ1) is 7.25. The monoisotopic (exact) mass is 420 g/mol. The summed E-state index contributed by atoms with van der Waals surface area (Å²) >= 11 is 4.63. The molecule has 0 aliphatic carbocycles. The summed E-state index contributed by atoms with van der Waals surface area (Å²) in [4.78, 5) is 0. The van der Waals surface area contributed by atoms with Crippen LogP contribution in [0.1, 0.15) is 0 Å². The second-order valence-corrected chi connectivity index (χ2v) is 5.77. The highest BCUT2D eigenvalue weighted by atomic mass is 127. The van der Waals surface area contributed by atoms with Gasteiger partial charge in [-0.3, -0.25) is 0 Å². The Balaban J connectivity index is 2.58. The molecule has 0 unspecified atom stereocenters. The average molecular weight is 420 g/mol. The van der Waals surface area contributed by atoms with Gasteiger partial charge in [-0.15, -0.1) is 0 Å². The van der Waals surface area contributed by atoms with Gasteiger partial charge in [0.25, 0.3) is 0 Å². The van der Waals surface area contributed by atoms with Crippen LogP contribution in [0.2, 0.25) is 0 Å². The van der Waals surface area contributed by atoms with E-state index in [0.29, 0.717) is 0 Å². The Kier molecular flexibility index (Phi) is 2.39. The summed E-state index contributed by atoms with van der Waals surface area (Å²) in [6, 6.07) is 12.5. The van der Waals surface area contributed by atoms with E-state index in [-0.39, 0.29) is 0 Å². The number of benzene rings is 2. The first-order valence-corrected chi connectivity index (χ1v) is 6.68. The molecule has 0 fully saturated rings. The molecule has 0 bridgehead atoms. The highest BCUT2D eigenvalue weighted by Gasteiger charge is 2.08. The third-order valence-corrected chi connectivity index (χ3v) is 3.93. The zero-order chi connectivity index (χ0) is 10.4. The predicted molar refractivity (Wildman–Crippen MR) is 79.2 cm³/mol. The predicted octanol–water partition coefficient (Wildman–Crippen LogP) is 4.80. The van der Waals surface area contributed by atoms with Crippen molar-refractivity contribution in [2.45, 2.75) is 0 Å². The van der Waals surface area contributed by atoms with Crippen molar-refractivity contribution in [1.29, 1.82) is 0 Å². The fraction of sp³-hybridized carbons (Fsp3) is 0. The van der Waals surface area contributed by atoms with E-state index in [9.17, 15) is 0 Å². The Labute approximate surface area is 114 Å². The summed E-state index contributed by atoms with van der Waals surface area (Å²) in [6.07, 6.45) is 0. The number of furan rings is 1. The van der Waals surface area contributed by atoms with E-state index in [2.05, 4.69) is 75.5 Å². The average Bonchev–Trinajstić information content (AvgIpc) is 2.58. The summed E-state index contributed by atoms with van der Waals surface area (Å²) < 4.78 is 8.23. The first kappa shape index (κ1) is 9.89. The van der Waals surface area contributed by atoms with Crippen molar-refractivity contribution in [2.75, 3.05) is 0 Å². The molecule has 0 N–H and O–H groups in total. The van der Waals surface area contributed by atoms with Gasteiger partial charge in [0.1, 0.15) is 11.2 Å². The van der Waals surface area contributed by atoms with Crippen LogP contribution in [0, 0.1) is 7.14 Å². The van der Waals surface area contributed by atoms with Gasteiger partial charge in [0, 0.05) is 14.3 Å². The van der Waals surface area contributed by atoms with Crippen LogP contribution >= 0.6 is 45.2 Å². The van der Waals surface area contributed by atoms with Gasteiger partial charge < -0.3 is 4.42 Å². The van der Waals surface area contributed by atoms with E-state index in [1.165, 1.54) is 14.3 Å². The molecule has 0 saturated carbocycles. The molecule has 2 aromatic carbocycles. The third-order valence-electron chi connectivity index (χ3n) is 2.41. The van der Waals surface area contributed by atoms with Gasteiger partial charge in [-0.25, -0.2) is 0 Å². The second-order valence-electron chi connectivity index (χ2n) is 3.36. The van der Waals surface area contributed by atoms with Gasteiger partial charge >= 0.3 is 0 Å². The van der Waals surface area contributed by atoms with Gasteiger partial charge in [0.15, 0.2) is 0 Å². The van der Waals surface area contributed by atoms with Gasteiger partial charge in [0.2, 0.25) is 0 Å². The zero-order valence-electron chi connectivity index (χ0n) is 7.63.